The molecule has 1 heterocycles. The minimum Gasteiger partial charge on any atom is -0.326 e. The summed E-state index contributed by atoms with van der Waals surface area (Å²) in [6, 6.07) is 2.19. The van der Waals surface area contributed by atoms with Gasteiger partial charge >= 0.3 is 0 Å². The fourth-order valence-electron chi connectivity index (χ4n) is 1.59. The van der Waals surface area contributed by atoms with Crippen LogP contribution in [-0.2, 0) is 19.4 Å². The summed E-state index contributed by atoms with van der Waals surface area (Å²) < 4.78 is 0. The van der Waals surface area contributed by atoms with E-state index in [1.165, 1.54) is 24.1 Å². The molecule has 13 heavy (non-hydrogen) atoms. The number of nitrogens with two attached hydrogens (primary N) is 1. The Hall–Kier alpha value is -0.310. The van der Waals surface area contributed by atoms with E-state index >= 15 is 0 Å². The zero-order valence-corrected chi connectivity index (χ0v) is 8.96. The molecular formula is C9H14Cl2N2. The molecule has 4 heteroatoms. The van der Waals surface area contributed by atoms with Crippen LogP contribution in [-0.4, -0.2) is 4.98 Å². The van der Waals surface area contributed by atoms with E-state index in [0.717, 1.165) is 12.0 Å². The van der Waals surface area contributed by atoms with Crippen molar-refractivity contribution in [2.24, 2.45) is 5.73 Å². The molecule has 0 atom stereocenters. The Bertz CT molecular complexity index is 276. The molecule has 1 aromatic rings. The zero-order chi connectivity index (χ0) is 7.68. The number of rotatable bonds is 1. The second kappa shape index (κ2) is 5.43. The number of halogens is 2. The van der Waals surface area contributed by atoms with Crippen molar-refractivity contribution in [3.63, 3.8) is 0 Å². The minimum absolute atomic E-state index is 0. The number of fused-ring (bicyclic) bond motifs is 1. The molecule has 0 saturated heterocycles. The fraction of sp³-hybridized carbons (Fsp3) is 0.444. The van der Waals surface area contributed by atoms with E-state index in [4.69, 9.17) is 5.73 Å². The van der Waals surface area contributed by atoms with E-state index in [0.29, 0.717) is 6.54 Å². The average Bonchev–Trinajstić information content (AvgIpc) is 2.50. The highest BCUT2D eigenvalue weighted by atomic mass is 35.5. The second-order valence-electron chi connectivity index (χ2n) is 3.01. The Morgan fingerprint density at radius 3 is 2.77 bits per heavy atom. The summed E-state index contributed by atoms with van der Waals surface area (Å²) in [6.07, 6.45) is 5.50. The topological polar surface area (TPSA) is 38.9 Å². The van der Waals surface area contributed by atoms with Gasteiger partial charge in [0.05, 0.1) is 0 Å². The van der Waals surface area contributed by atoms with Crippen LogP contribution < -0.4 is 5.73 Å². The van der Waals surface area contributed by atoms with Crippen LogP contribution in [0.15, 0.2) is 12.3 Å². The van der Waals surface area contributed by atoms with Gasteiger partial charge < -0.3 is 5.73 Å². The first-order valence-corrected chi connectivity index (χ1v) is 4.07. The first-order chi connectivity index (χ1) is 5.40. The Kier molecular flexibility index (Phi) is 5.30. The van der Waals surface area contributed by atoms with Crippen LogP contribution in [0, 0.1) is 0 Å². The average molecular weight is 221 g/mol. The number of nitrogens with zero attached hydrogens (tertiary/aromatic N) is 1. The summed E-state index contributed by atoms with van der Waals surface area (Å²) in [4.78, 5) is 4.35. The second-order valence-corrected chi connectivity index (χ2v) is 3.01. The quantitative estimate of drug-likeness (QED) is 0.786. The maximum atomic E-state index is 5.50. The van der Waals surface area contributed by atoms with Crippen molar-refractivity contribution in [2.45, 2.75) is 25.8 Å². The van der Waals surface area contributed by atoms with E-state index in [2.05, 4.69) is 11.1 Å². The summed E-state index contributed by atoms with van der Waals surface area (Å²) >= 11 is 0. The van der Waals surface area contributed by atoms with Crippen LogP contribution in [0.3, 0.4) is 0 Å². The molecule has 0 unspecified atom stereocenters. The highest BCUT2D eigenvalue weighted by Crippen LogP contribution is 2.19. The van der Waals surface area contributed by atoms with Gasteiger partial charge in [-0.25, -0.2) is 0 Å². The van der Waals surface area contributed by atoms with E-state index in [-0.39, 0.29) is 24.8 Å². The first-order valence-electron chi connectivity index (χ1n) is 4.07. The maximum absolute atomic E-state index is 5.50. The van der Waals surface area contributed by atoms with E-state index in [9.17, 15) is 0 Å². The molecule has 0 bridgehead atoms. The molecule has 0 fully saturated rings. The highest BCUT2D eigenvalue weighted by Gasteiger charge is 2.11. The van der Waals surface area contributed by atoms with Gasteiger partial charge in [0.1, 0.15) is 0 Å². The fourth-order valence-corrected chi connectivity index (χ4v) is 1.59. The molecule has 1 aromatic heterocycles. The standard InChI is InChI=1S/C9H12N2.2ClH/c10-5-7-4-8-2-1-3-9(8)11-6-7;;/h4,6H,1-3,5,10H2;2*1H. The van der Waals surface area contributed by atoms with Crippen molar-refractivity contribution < 1.29 is 0 Å². The third-order valence-electron chi connectivity index (χ3n) is 2.21. The van der Waals surface area contributed by atoms with Crippen molar-refractivity contribution in [1.82, 2.24) is 4.98 Å². The molecular weight excluding hydrogens is 207 g/mol. The van der Waals surface area contributed by atoms with E-state index < -0.39 is 0 Å². The lowest BCUT2D eigenvalue weighted by atomic mass is 10.1. The first kappa shape index (κ1) is 12.7. The van der Waals surface area contributed by atoms with Gasteiger partial charge in [-0.3, -0.25) is 4.98 Å². The number of hydrogen-bond donors (Lipinski definition) is 1. The van der Waals surface area contributed by atoms with Crippen molar-refractivity contribution in [3.8, 4) is 0 Å². The Labute approximate surface area is 90.8 Å². The van der Waals surface area contributed by atoms with Crippen LogP contribution in [0.5, 0.6) is 0 Å². The lowest BCUT2D eigenvalue weighted by molar-refractivity contribution is 0.899. The smallest absolute Gasteiger partial charge is 0.0435 e. The molecule has 2 nitrogen and oxygen atoms in total. The van der Waals surface area contributed by atoms with E-state index in [1.807, 2.05) is 6.20 Å². The molecule has 2 rings (SSSR count). The Balaban J connectivity index is 0.000000720. The molecule has 74 valence electrons. The molecule has 1 aliphatic carbocycles. The third-order valence-corrected chi connectivity index (χ3v) is 2.21. The molecule has 0 radical (unpaired) electrons. The van der Waals surface area contributed by atoms with Gasteiger partial charge in [-0.2, -0.15) is 0 Å². The number of hydrogen-bond acceptors (Lipinski definition) is 2. The van der Waals surface area contributed by atoms with Gasteiger partial charge in [0.2, 0.25) is 0 Å². The predicted molar refractivity (Wildman–Crippen MR) is 58.6 cm³/mol. The van der Waals surface area contributed by atoms with Crippen molar-refractivity contribution in [3.05, 3.63) is 29.1 Å². The monoisotopic (exact) mass is 220 g/mol. The Morgan fingerprint density at radius 2 is 2.08 bits per heavy atom. The zero-order valence-electron chi connectivity index (χ0n) is 7.32. The summed E-state index contributed by atoms with van der Waals surface area (Å²) in [5, 5.41) is 0. The molecule has 0 aliphatic heterocycles. The van der Waals surface area contributed by atoms with Gasteiger partial charge in [-0.15, -0.1) is 24.8 Å². The van der Waals surface area contributed by atoms with E-state index in [1.54, 1.807) is 0 Å². The third kappa shape index (κ3) is 2.56. The van der Waals surface area contributed by atoms with Crippen molar-refractivity contribution >= 4 is 24.8 Å². The molecule has 0 spiro atoms. The largest absolute Gasteiger partial charge is 0.326 e. The van der Waals surface area contributed by atoms with Crippen LogP contribution in [0.4, 0.5) is 0 Å². The summed E-state index contributed by atoms with van der Waals surface area (Å²) in [5.41, 5.74) is 9.35. The number of aryl methyl sites for hydroxylation is 2. The van der Waals surface area contributed by atoms with Crippen LogP contribution >= 0.6 is 24.8 Å². The lowest BCUT2D eigenvalue weighted by Crippen LogP contribution is -1.99. The molecule has 2 N–H and O–H groups in total. The number of aromatic nitrogens is 1. The van der Waals surface area contributed by atoms with Crippen LogP contribution in [0.1, 0.15) is 23.2 Å². The maximum Gasteiger partial charge on any atom is 0.0435 e. The van der Waals surface area contributed by atoms with Gasteiger partial charge in [0, 0.05) is 18.4 Å². The summed E-state index contributed by atoms with van der Waals surface area (Å²) in [7, 11) is 0. The summed E-state index contributed by atoms with van der Waals surface area (Å²) in [5.74, 6) is 0. The lowest BCUT2D eigenvalue weighted by Gasteiger charge is -1.99. The highest BCUT2D eigenvalue weighted by molar-refractivity contribution is 5.85. The molecule has 0 amide bonds. The van der Waals surface area contributed by atoms with Gasteiger partial charge in [0.15, 0.2) is 0 Å². The van der Waals surface area contributed by atoms with Crippen molar-refractivity contribution in [1.29, 1.82) is 0 Å². The van der Waals surface area contributed by atoms with Gasteiger partial charge in [-0.1, -0.05) is 6.07 Å². The SMILES string of the molecule is Cl.Cl.NCc1cnc2c(c1)CCC2. The van der Waals surface area contributed by atoms with Gasteiger partial charge in [0.25, 0.3) is 0 Å². The minimum atomic E-state index is 0. The van der Waals surface area contributed by atoms with Crippen molar-refractivity contribution in [2.75, 3.05) is 0 Å². The normalized spacial score (nSPS) is 12.7. The molecule has 0 aromatic carbocycles. The van der Waals surface area contributed by atoms with Crippen LogP contribution in [0.25, 0.3) is 0 Å². The summed E-state index contributed by atoms with van der Waals surface area (Å²) in [6.45, 7) is 0.611. The molecule has 0 saturated carbocycles. The Morgan fingerprint density at radius 1 is 1.31 bits per heavy atom. The number of pyridine rings is 1. The van der Waals surface area contributed by atoms with Gasteiger partial charge in [-0.05, 0) is 30.4 Å². The van der Waals surface area contributed by atoms with Crippen LogP contribution in [0.2, 0.25) is 0 Å². The molecule has 1 aliphatic rings. The predicted octanol–water partition coefficient (Wildman–Crippen LogP) is 1.87.